The Balaban J connectivity index is 0.00000247. The number of carbonyl (C=O) groups excluding carboxylic acids is 1. The molecule has 206 valence electrons. The minimum atomic E-state index is -4.27. The van der Waals surface area contributed by atoms with Crippen molar-refractivity contribution >= 4 is 46.6 Å². The molecule has 0 saturated carbocycles. The van der Waals surface area contributed by atoms with Crippen LogP contribution in [0.25, 0.3) is 0 Å². The zero-order chi connectivity index (χ0) is 28.3. The third-order valence-electron chi connectivity index (χ3n) is 5.95. The van der Waals surface area contributed by atoms with Gasteiger partial charge in [-0.25, -0.2) is 0 Å². The highest BCUT2D eigenvalue weighted by atomic mass is 35.5. The van der Waals surface area contributed by atoms with Gasteiger partial charge in [-0.2, -0.15) is 13.2 Å². The van der Waals surface area contributed by atoms with Crippen molar-refractivity contribution in [2.24, 2.45) is 0 Å². The lowest BCUT2D eigenvalue weighted by Gasteiger charge is -2.43. The van der Waals surface area contributed by atoms with Crippen LogP contribution in [-0.4, -0.2) is 41.7 Å². The first kappa shape index (κ1) is 31.9. The largest absolute Gasteiger partial charge is 0.442 e. The summed E-state index contributed by atoms with van der Waals surface area (Å²) in [7, 11) is 0. The molecule has 1 aliphatic heterocycles. The predicted molar refractivity (Wildman–Crippen MR) is 156 cm³/mol. The van der Waals surface area contributed by atoms with Gasteiger partial charge in [0.15, 0.2) is 0 Å². The van der Waals surface area contributed by atoms with Crippen LogP contribution in [0.5, 0.6) is 0 Å². The quantitative estimate of drug-likeness (QED) is 0.228. The molecule has 0 N–H and O–H groups in total. The number of alkyl halides is 3. The van der Waals surface area contributed by atoms with Gasteiger partial charge < -0.3 is 9.80 Å². The molecule has 3 rings (SSSR count). The molecule has 1 heterocycles. The highest BCUT2D eigenvalue weighted by Gasteiger charge is 2.32. The molecule has 0 aliphatic carbocycles. The molecule has 38 heavy (non-hydrogen) atoms. The minimum absolute atomic E-state index is 0.0470. The van der Waals surface area contributed by atoms with Crippen LogP contribution in [0.1, 0.15) is 36.9 Å². The summed E-state index contributed by atoms with van der Waals surface area (Å²) < 4.78 is 37.2. The van der Waals surface area contributed by atoms with Crippen molar-refractivity contribution in [1.82, 2.24) is 4.90 Å². The number of hydrogen-bond acceptors (Lipinski definition) is 3. The van der Waals surface area contributed by atoms with E-state index in [1.807, 2.05) is 67.3 Å². The third kappa shape index (κ3) is 9.75. The van der Waals surface area contributed by atoms with Crippen molar-refractivity contribution in [3.8, 4) is 0 Å². The fourth-order valence-electron chi connectivity index (χ4n) is 4.30. The van der Waals surface area contributed by atoms with Gasteiger partial charge in [0.05, 0.1) is 12.5 Å². The fourth-order valence-corrected chi connectivity index (χ4v) is 5.03. The number of carbonyl (C=O) groups is 1. The van der Waals surface area contributed by atoms with Gasteiger partial charge in [0, 0.05) is 41.1 Å². The van der Waals surface area contributed by atoms with E-state index in [9.17, 15) is 18.0 Å². The number of nitrogens with zero attached hydrogens (tertiary/aromatic N) is 2. The first-order chi connectivity index (χ1) is 18.1. The summed E-state index contributed by atoms with van der Waals surface area (Å²) in [5.74, 6) is -0.231. The summed E-state index contributed by atoms with van der Waals surface area (Å²) in [4.78, 5) is 17.4. The van der Waals surface area contributed by atoms with Crippen LogP contribution in [0.15, 0.2) is 79.4 Å². The molecule has 0 radical (unpaired) electrons. The second kappa shape index (κ2) is 15.3. The zero-order valence-electron chi connectivity index (χ0n) is 21.6. The molecule has 0 spiro atoms. The molecular weight excluding hydrogens is 552 g/mol. The fraction of sp³-hybridized carbons (Fsp3) is 0.345. The first-order valence-electron chi connectivity index (χ1n) is 12.2. The SMILES string of the molecule is C=C.CC/C=C(\C=C/CSC(F)(F)F)CC(=O)N1CCN(c2ccc(Cl)cc2C)C(c2ccc(Cl)cc2)C1. The molecule has 1 fully saturated rings. The number of hydrogen-bond donors (Lipinski definition) is 0. The Labute approximate surface area is 238 Å². The predicted octanol–water partition coefficient (Wildman–Crippen LogP) is 9.03. The molecule has 9 heteroatoms. The Bertz CT molecular complexity index is 1120. The maximum atomic E-state index is 13.3. The van der Waals surface area contributed by atoms with Crippen LogP contribution < -0.4 is 4.90 Å². The van der Waals surface area contributed by atoms with Crippen LogP contribution in [0.2, 0.25) is 10.0 Å². The summed E-state index contributed by atoms with van der Waals surface area (Å²) in [6, 6.07) is 13.4. The topological polar surface area (TPSA) is 23.6 Å². The normalized spacial score (nSPS) is 16.4. The van der Waals surface area contributed by atoms with Gasteiger partial charge in [-0.3, -0.25) is 4.79 Å². The average Bonchev–Trinajstić information content (AvgIpc) is 2.87. The van der Waals surface area contributed by atoms with Gasteiger partial charge in [0.1, 0.15) is 0 Å². The molecule has 1 atom stereocenters. The first-order valence-corrected chi connectivity index (χ1v) is 13.9. The number of benzene rings is 2. The van der Waals surface area contributed by atoms with Gasteiger partial charge in [-0.1, -0.05) is 60.5 Å². The van der Waals surface area contributed by atoms with Crippen LogP contribution in [-0.2, 0) is 4.79 Å². The van der Waals surface area contributed by atoms with Crippen molar-refractivity contribution in [3.05, 3.63) is 101 Å². The summed E-state index contributed by atoms with van der Waals surface area (Å²) >= 11 is 12.2. The molecule has 2 aromatic rings. The smallest absolute Gasteiger partial charge is 0.361 e. The summed E-state index contributed by atoms with van der Waals surface area (Å²) in [6.07, 6.45) is 5.82. The van der Waals surface area contributed by atoms with Crippen LogP contribution >= 0.6 is 35.0 Å². The van der Waals surface area contributed by atoms with Crippen molar-refractivity contribution in [2.75, 3.05) is 30.3 Å². The van der Waals surface area contributed by atoms with E-state index in [4.69, 9.17) is 23.2 Å². The van der Waals surface area contributed by atoms with Gasteiger partial charge in [-0.05, 0) is 72.1 Å². The Morgan fingerprint density at radius 2 is 1.76 bits per heavy atom. The van der Waals surface area contributed by atoms with Crippen LogP contribution in [0.3, 0.4) is 0 Å². The van der Waals surface area contributed by atoms with E-state index in [-0.39, 0.29) is 35.9 Å². The monoisotopic (exact) mass is 584 g/mol. The summed E-state index contributed by atoms with van der Waals surface area (Å²) in [5.41, 5.74) is -0.392. The maximum Gasteiger partial charge on any atom is 0.442 e. The maximum absolute atomic E-state index is 13.3. The van der Waals surface area contributed by atoms with E-state index < -0.39 is 5.51 Å². The van der Waals surface area contributed by atoms with E-state index in [1.54, 1.807) is 6.08 Å². The number of amides is 1. The lowest BCUT2D eigenvalue weighted by atomic mass is 9.99. The van der Waals surface area contributed by atoms with Crippen molar-refractivity contribution in [3.63, 3.8) is 0 Å². The molecule has 1 unspecified atom stereocenters. The van der Waals surface area contributed by atoms with Crippen molar-refractivity contribution in [1.29, 1.82) is 0 Å². The lowest BCUT2D eigenvalue weighted by molar-refractivity contribution is -0.131. The second-order valence-corrected chi connectivity index (χ2v) is 10.5. The van der Waals surface area contributed by atoms with Crippen LogP contribution in [0, 0.1) is 6.92 Å². The zero-order valence-corrected chi connectivity index (χ0v) is 23.9. The third-order valence-corrected chi connectivity index (χ3v) is 7.13. The molecule has 1 aliphatic rings. The average molecular weight is 586 g/mol. The van der Waals surface area contributed by atoms with Crippen molar-refractivity contribution in [2.45, 2.75) is 38.2 Å². The lowest BCUT2D eigenvalue weighted by Crippen LogP contribution is -2.50. The number of piperazine rings is 1. The molecule has 0 bridgehead atoms. The molecule has 3 nitrogen and oxygen atoms in total. The van der Waals surface area contributed by atoms with Gasteiger partial charge in [0.25, 0.3) is 0 Å². The number of aryl methyl sites for hydroxylation is 1. The molecule has 2 aromatic carbocycles. The van der Waals surface area contributed by atoms with Gasteiger partial charge in [0.2, 0.25) is 5.91 Å². The Morgan fingerprint density at radius 1 is 1.11 bits per heavy atom. The second-order valence-electron chi connectivity index (χ2n) is 8.55. The summed E-state index contributed by atoms with van der Waals surface area (Å²) in [6.45, 7) is 11.6. The molecule has 1 saturated heterocycles. The van der Waals surface area contributed by atoms with Crippen LogP contribution in [0.4, 0.5) is 18.9 Å². The minimum Gasteiger partial charge on any atom is -0.361 e. The number of rotatable bonds is 8. The Morgan fingerprint density at radius 3 is 2.37 bits per heavy atom. The van der Waals surface area contributed by atoms with E-state index in [1.165, 1.54) is 6.08 Å². The number of anilines is 1. The molecular formula is C29H33Cl2F3N2OS. The molecule has 1 amide bonds. The van der Waals surface area contributed by atoms with E-state index in [0.717, 1.165) is 22.4 Å². The number of allylic oxidation sites excluding steroid dienone is 2. The Hall–Kier alpha value is -2.35. The Kier molecular flexibility index (Phi) is 12.8. The highest BCUT2D eigenvalue weighted by Crippen LogP contribution is 2.35. The number of thioether (sulfide) groups is 1. The van der Waals surface area contributed by atoms with Gasteiger partial charge >= 0.3 is 5.51 Å². The standard InChI is InChI=1S/C27H29Cl2F3N2OS.C2H4/c1-3-5-20(6-4-15-36-27(30,31)32)17-26(35)33-13-14-34(24-12-11-23(29)16-19(24)2)25(18-33)21-7-9-22(28)10-8-21;1-2/h4-12,16,25H,3,13-15,17-18H2,1-2H3;1-2H2/b6-4-,20-5+;. The number of halogens is 5. The highest BCUT2D eigenvalue weighted by molar-refractivity contribution is 8.00. The van der Waals surface area contributed by atoms with E-state index in [0.29, 0.717) is 36.1 Å². The van der Waals surface area contributed by atoms with E-state index >= 15 is 0 Å². The van der Waals surface area contributed by atoms with Crippen molar-refractivity contribution < 1.29 is 18.0 Å². The summed E-state index contributed by atoms with van der Waals surface area (Å²) in [5, 5.41) is 1.31. The molecule has 0 aromatic heterocycles. The van der Waals surface area contributed by atoms with Gasteiger partial charge in [-0.15, -0.1) is 13.2 Å². The van der Waals surface area contributed by atoms with E-state index in [2.05, 4.69) is 18.1 Å².